The number of carbonyl (C=O) groups is 1. The average Bonchev–Trinajstić information content (AvgIpc) is 2.95. The Bertz CT molecular complexity index is 989. The molecule has 0 saturated carbocycles. The number of nitrogens with one attached hydrogen (secondary N) is 2. The molecule has 0 spiro atoms. The minimum absolute atomic E-state index is 0.0911. The first-order valence-corrected chi connectivity index (χ1v) is 14.5. The largest absolute Gasteiger partial charge is 0.507 e. The fourth-order valence-corrected chi connectivity index (χ4v) is 4.41. The SMILES string of the molecule is CC.CCNC(=O)CN.COc1cc(O)c(C(N)Nc2ccc(CN3CCN(C(C)C)CC3)cc2)cc1C(C)C. The normalized spacial score (nSPS) is 14.5. The lowest BCUT2D eigenvalue weighted by molar-refractivity contribution is -0.119. The van der Waals surface area contributed by atoms with E-state index in [2.05, 4.69) is 72.4 Å². The quantitative estimate of drug-likeness (QED) is 0.274. The zero-order valence-corrected chi connectivity index (χ0v) is 26.0. The van der Waals surface area contributed by atoms with Crippen LogP contribution >= 0.6 is 0 Å². The Morgan fingerprint density at radius 2 is 1.62 bits per heavy atom. The van der Waals surface area contributed by atoms with Crippen molar-refractivity contribution in [1.82, 2.24) is 15.1 Å². The Balaban J connectivity index is 0.000000775. The van der Waals surface area contributed by atoms with Crippen LogP contribution in [0.25, 0.3) is 0 Å². The van der Waals surface area contributed by atoms with Crippen molar-refractivity contribution < 1.29 is 14.6 Å². The summed E-state index contributed by atoms with van der Waals surface area (Å²) in [6.45, 7) is 20.8. The molecule has 7 N–H and O–H groups in total. The molecule has 1 unspecified atom stereocenters. The highest BCUT2D eigenvalue weighted by atomic mass is 16.5. The highest BCUT2D eigenvalue weighted by Gasteiger charge is 2.19. The van der Waals surface area contributed by atoms with E-state index in [1.165, 1.54) is 5.56 Å². The molecule has 40 heavy (non-hydrogen) atoms. The molecule has 1 saturated heterocycles. The van der Waals surface area contributed by atoms with E-state index in [9.17, 15) is 9.90 Å². The van der Waals surface area contributed by atoms with E-state index in [-0.39, 0.29) is 24.1 Å². The predicted octanol–water partition coefficient (Wildman–Crippen LogP) is 4.23. The van der Waals surface area contributed by atoms with Gasteiger partial charge in [0.25, 0.3) is 0 Å². The van der Waals surface area contributed by atoms with Crippen LogP contribution in [0.2, 0.25) is 0 Å². The van der Waals surface area contributed by atoms with Crippen molar-refractivity contribution in [2.24, 2.45) is 11.5 Å². The summed E-state index contributed by atoms with van der Waals surface area (Å²) in [5, 5.41) is 16.3. The first-order chi connectivity index (χ1) is 19.1. The number of methoxy groups -OCH3 is 1. The van der Waals surface area contributed by atoms with Gasteiger partial charge in [-0.1, -0.05) is 39.8 Å². The molecule has 1 aliphatic heterocycles. The topological polar surface area (TPSA) is 129 Å². The number of likely N-dealkylation sites (N-methyl/N-ethyl adjacent to an activating group) is 1. The standard InChI is InChI=1S/C25H38N4O2.C4H10N2O.C2H6/c1-17(2)21-14-22(23(30)15-24(21)31-5)25(26)27-20-8-6-19(7-9-20)16-28-10-12-29(13-11-28)18(3)4;1-2-6-4(7)3-5;1-2/h6-9,14-15,17-18,25,27,30H,10-13,16,26H2,1-5H3;2-3,5H2,1H3,(H,6,7);1-2H3. The first kappa shape index (κ1) is 35.2. The number of anilines is 1. The maximum atomic E-state index is 10.4. The van der Waals surface area contributed by atoms with E-state index in [0.29, 0.717) is 23.9 Å². The molecule has 9 nitrogen and oxygen atoms in total. The lowest BCUT2D eigenvalue weighted by Crippen LogP contribution is -2.48. The number of benzene rings is 2. The summed E-state index contributed by atoms with van der Waals surface area (Å²) < 4.78 is 5.41. The number of ether oxygens (including phenoxy) is 1. The summed E-state index contributed by atoms with van der Waals surface area (Å²) in [6.07, 6.45) is -0.515. The number of piperazine rings is 1. The summed E-state index contributed by atoms with van der Waals surface area (Å²) in [6, 6.07) is 12.6. The van der Waals surface area contributed by atoms with Crippen molar-refractivity contribution >= 4 is 11.6 Å². The molecule has 0 aromatic heterocycles. The van der Waals surface area contributed by atoms with E-state index in [1.54, 1.807) is 13.2 Å². The number of phenols is 1. The monoisotopic (exact) mass is 558 g/mol. The third kappa shape index (κ3) is 11.3. The summed E-state index contributed by atoms with van der Waals surface area (Å²) in [5.74, 6) is 0.992. The van der Waals surface area contributed by atoms with Gasteiger partial charge in [0.15, 0.2) is 0 Å². The fraction of sp³-hybridized carbons (Fsp3) is 0.581. The van der Waals surface area contributed by atoms with E-state index in [4.69, 9.17) is 16.2 Å². The second kappa shape index (κ2) is 18.5. The van der Waals surface area contributed by atoms with Crippen molar-refractivity contribution in [2.75, 3.05) is 51.7 Å². The Morgan fingerprint density at radius 1 is 1.02 bits per heavy atom. The molecule has 1 atom stereocenters. The highest BCUT2D eigenvalue weighted by molar-refractivity contribution is 5.77. The molecule has 0 bridgehead atoms. The molecule has 3 rings (SSSR count). The number of hydrogen-bond donors (Lipinski definition) is 5. The molecular formula is C31H54N6O3. The molecule has 0 aliphatic carbocycles. The minimum atomic E-state index is -0.515. The lowest BCUT2D eigenvalue weighted by Gasteiger charge is -2.37. The van der Waals surface area contributed by atoms with Crippen molar-refractivity contribution in [2.45, 2.75) is 73.1 Å². The van der Waals surface area contributed by atoms with Gasteiger partial charge in [-0.25, -0.2) is 0 Å². The van der Waals surface area contributed by atoms with Crippen molar-refractivity contribution in [3.05, 3.63) is 53.1 Å². The maximum absolute atomic E-state index is 10.4. The number of amides is 1. The first-order valence-electron chi connectivity index (χ1n) is 14.5. The smallest absolute Gasteiger partial charge is 0.233 e. The van der Waals surface area contributed by atoms with Gasteiger partial charge >= 0.3 is 0 Å². The van der Waals surface area contributed by atoms with Crippen molar-refractivity contribution in [3.63, 3.8) is 0 Å². The van der Waals surface area contributed by atoms with Crippen LogP contribution in [0.1, 0.15) is 77.2 Å². The van der Waals surface area contributed by atoms with E-state index in [1.807, 2.05) is 26.8 Å². The molecule has 1 amide bonds. The highest BCUT2D eigenvalue weighted by Crippen LogP contribution is 2.35. The van der Waals surface area contributed by atoms with Gasteiger partial charge in [-0.2, -0.15) is 0 Å². The van der Waals surface area contributed by atoms with Gasteiger partial charge in [0.2, 0.25) is 5.91 Å². The van der Waals surface area contributed by atoms with Gasteiger partial charge in [-0.3, -0.25) is 14.6 Å². The van der Waals surface area contributed by atoms with Crippen LogP contribution in [-0.2, 0) is 11.3 Å². The molecule has 1 fully saturated rings. The number of phenolic OH excluding ortho intramolecular Hbond substituents is 1. The zero-order valence-electron chi connectivity index (χ0n) is 26.0. The molecule has 9 heteroatoms. The Kier molecular flexibility index (Phi) is 16.3. The predicted molar refractivity (Wildman–Crippen MR) is 167 cm³/mol. The second-order valence-corrected chi connectivity index (χ2v) is 10.2. The van der Waals surface area contributed by atoms with E-state index in [0.717, 1.165) is 44.0 Å². The number of nitrogens with two attached hydrogens (primary N) is 2. The summed E-state index contributed by atoms with van der Waals surface area (Å²) in [7, 11) is 1.62. The molecule has 1 aliphatic rings. The summed E-state index contributed by atoms with van der Waals surface area (Å²) >= 11 is 0. The molecule has 1 heterocycles. The van der Waals surface area contributed by atoms with E-state index < -0.39 is 6.17 Å². The van der Waals surface area contributed by atoms with Gasteiger partial charge in [0.1, 0.15) is 17.7 Å². The zero-order chi connectivity index (χ0) is 30.2. The lowest BCUT2D eigenvalue weighted by atomic mass is 9.97. The third-order valence-corrected chi connectivity index (χ3v) is 6.71. The number of hydrogen-bond acceptors (Lipinski definition) is 8. The molecule has 226 valence electrons. The Hall–Kier alpha value is -2.85. The average molecular weight is 559 g/mol. The van der Waals surface area contributed by atoms with Gasteiger partial charge in [0.05, 0.1) is 13.7 Å². The van der Waals surface area contributed by atoms with Crippen LogP contribution in [0, 0.1) is 0 Å². The fourth-order valence-electron chi connectivity index (χ4n) is 4.41. The second-order valence-electron chi connectivity index (χ2n) is 10.2. The van der Waals surface area contributed by atoms with Gasteiger partial charge < -0.3 is 31.9 Å². The van der Waals surface area contributed by atoms with E-state index >= 15 is 0 Å². The van der Waals surface area contributed by atoms with Crippen LogP contribution in [-0.4, -0.2) is 73.2 Å². The Labute approximate surface area is 242 Å². The van der Waals surface area contributed by atoms with Crippen LogP contribution in [0.4, 0.5) is 5.69 Å². The Morgan fingerprint density at radius 3 is 2.08 bits per heavy atom. The van der Waals surface area contributed by atoms with Crippen molar-refractivity contribution in [3.8, 4) is 11.5 Å². The molecular weight excluding hydrogens is 504 g/mol. The van der Waals surface area contributed by atoms with Gasteiger partial charge in [-0.05, 0) is 56.0 Å². The molecule has 0 radical (unpaired) electrons. The molecule has 2 aromatic carbocycles. The number of carbonyl (C=O) groups excluding carboxylic acids is 1. The maximum Gasteiger partial charge on any atom is 0.233 e. The number of rotatable bonds is 10. The number of nitrogens with zero attached hydrogens (tertiary/aromatic N) is 2. The van der Waals surface area contributed by atoms with Crippen LogP contribution in [0.3, 0.4) is 0 Å². The molecule has 2 aromatic rings. The van der Waals surface area contributed by atoms with Gasteiger partial charge in [0, 0.05) is 62.6 Å². The summed E-state index contributed by atoms with van der Waals surface area (Å²) in [5.41, 5.74) is 15.3. The van der Waals surface area contributed by atoms with Crippen LogP contribution < -0.4 is 26.8 Å². The third-order valence-electron chi connectivity index (χ3n) is 6.71. The van der Waals surface area contributed by atoms with Gasteiger partial charge in [-0.15, -0.1) is 0 Å². The van der Waals surface area contributed by atoms with Crippen LogP contribution in [0.15, 0.2) is 36.4 Å². The summed E-state index contributed by atoms with van der Waals surface area (Å²) in [4.78, 5) is 15.2. The van der Waals surface area contributed by atoms with Crippen LogP contribution in [0.5, 0.6) is 11.5 Å². The number of aromatic hydroxyl groups is 1. The van der Waals surface area contributed by atoms with Crippen molar-refractivity contribution in [1.29, 1.82) is 0 Å². The minimum Gasteiger partial charge on any atom is -0.507 e.